The molecule has 0 saturated carbocycles. The van der Waals surface area contributed by atoms with Crippen LogP contribution < -0.4 is 0 Å². The molecule has 0 amide bonds. The van der Waals surface area contributed by atoms with Crippen LogP contribution in [0.5, 0.6) is 0 Å². The van der Waals surface area contributed by atoms with Gasteiger partial charge in [0, 0.05) is 18.8 Å². The monoisotopic (exact) mass is 302 g/mol. The fraction of sp³-hybridized carbons (Fsp3) is 0.667. The van der Waals surface area contributed by atoms with Crippen LogP contribution in [0, 0.1) is 0 Å². The fourth-order valence-electron chi connectivity index (χ4n) is 2.84. The number of likely N-dealkylation sites (tertiary alicyclic amines) is 1. The molecule has 0 bridgehead atoms. The van der Waals surface area contributed by atoms with Crippen molar-refractivity contribution in [3.63, 3.8) is 0 Å². The van der Waals surface area contributed by atoms with Gasteiger partial charge in [-0.05, 0) is 36.9 Å². The first-order chi connectivity index (χ1) is 9.82. The minimum absolute atomic E-state index is 0.0453. The molecule has 118 valence electrons. The first-order valence-corrected chi connectivity index (χ1v) is 7.24. The summed E-state index contributed by atoms with van der Waals surface area (Å²) in [5.41, 5.74) is -0.00630. The summed E-state index contributed by atoms with van der Waals surface area (Å²) in [7, 11) is 0. The van der Waals surface area contributed by atoms with E-state index in [2.05, 4.69) is 4.98 Å². The number of halogens is 3. The highest BCUT2D eigenvalue weighted by molar-refractivity contribution is 5.30. The van der Waals surface area contributed by atoms with E-state index in [9.17, 15) is 18.3 Å². The van der Waals surface area contributed by atoms with Crippen molar-refractivity contribution < 1.29 is 18.3 Å². The van der Waals surface area contributed by atoms with E-state index in [4.69, 9.17) is 0 Å². The average molecular weight is 302 g/mol. The summed E-state index contributed by atoms with van der Waals surface area (Å²) < 4.78 is 39.5. The van der Waals surface area contributed by atoms with Gasteiger partial charge in [-0.2, -0.15) is 13.2 Å². The molecule has 0 aromatic carbocycles. The van der Waals surface area contributed by atoms with Crippen molar-refractivity contribution in [2.45, 2.75) is 51.4 Å². The van der Waals surface area contributed by atoms with Crippen LogP contribution >= 0.6 is 0 Å². The minimum atomic E-state index is -4.38. The van der Waals surface area contributed by atoms with Crippen LogP contribution in [-0.4, -0.2) is 34.2 Å². The molecule has 2 rings (SSSR count). The van der Waals surface area contributed by atoms with Crippen molar-refractivity contribution >= 4 is 0 Å². The van der Waals surface area contributed by atoms with Gasteiger partial charge in [-0.25, -0.2) is 0 Å². The predicted octanol–water partition coefficient (Wildman–Crippen LogP) is 3.18. The van der Waals surface area contributed by atoms with E-state index in [0.717, 1.165) is 19.4 Å². The van der Waals surface area contributed by atoms with Crippen LogP contribution in [0.1, 0.15) is 49.4 Å². The number of aliphatic hydroxyl groups excluding tert-OH is 1. The molecule has 6 heteroatoms. The van der Waals surface area contributed by atoms with Gasteiger partial charge in [-0.3, -0.25) is 9.88 Å². The van der Waals surface area contributed by atoms with Gasteiger partial charge in [0.2, 0.25) is 0 Å². The molecule has 1 saturated heterocycles. The van der Waals surface area contributed by atoms with E-state index in [-0.39, 0.29) is 24.3 Å². The Bertz CT molecular complexity index is 488. The van der Waals surface area contributed by atoms with Crippen LogP contribution in [0.3, 0.4) is 0 Å². The van der Waals surface area contributed by atoms with Crippen molar-refractivity contribution in [2.75, 3.05) is 13.2 Å². The molecular weight excluding hydrogens is 281 g/mol. The SMILES string of the molecule is CC(C)c1ncc(CN2CCCC2CO)cc1C(F)(F)F. The lowest BCUT2D eigenvalue weighted by atomic mass is 10.0. The molecule has 0 spiro atoms. The molecular formula is C15H21F3N2O. The number of nitrogens with zero attached hydrogens (tertiary/aromatic N) is 2. The van der Waals surface area contributed by atoms with E-state index < -0.39 is 11.7 Å². The summed E-state index contributed by atoms with van der Waals surface area (Å²) in [5, 5.41) is 9.28. The van der Waals surface area contributed by atoms with Gasteiger partial charge in [0.05, 0.1) is 17.9 Å². The van der Waals surface area contributed by atoms with E-state index in [1.165, 1.54) is 12.3 Å². The van der Waals surface area contributed by atoms with Gasteiger partial charge in [0.15, 0.2) is 0 Å². The van der Waals surface area contributed by atoms with Crippen LogP contribution in [0.15, 0.2) is 12.3 Å². The Balaban J connectivity index is 2.25. The summed E-state index contributed by atoms with van der Waals surface area (Å²) >= 11 is 0. The fourth-order valence-corrected chi connectivity index (χ4v) is 2.84. The second-order valence-corrected chi connectivity index (χ2v) is 5.88. The number of pyridine rings is 1. The standard InChI is InChI=1S/C15H21F3N2O/c1-10(2)14-13(15(16,17)18)6-11(7-19-14)8-20-5-3-4-12(20)9-21/h6-7,10,12,21H,3-5,8-9H2,1-2H3. The molecule has 3 nitrogen and oxygen atoms in total. The molecule has 1 unspecified atom stereocenters. The average Bonchev–Trinajstić information content (AvgIpc) is 2.84. The van der Waals surface area contributed by atoms with Crippen LogP contribution in [0.4, 0.5) is 13.2 Å². The lowest BCUT2D eigenvalue weighted by molar-refractivity contribution is -0.138. The topological polar surface area (TPSA) is 36.4 Å². The van der Waals surface area contributed by atoms with E-state index >= 15 is 0 Å². The normalized spacial score (nSPS) is 20.4. The maximum absolute atomic E-state index is 13.2. The van der Waals surface area contributed by atoms with Crippen LogP contribution in [-0.2, 0) is 12.7 Å². The molecule has 1 aliphatic rings. The van der Waals surface area contributed by atoms with Crippen LogP contribution in [0.25, 0.3) is 0 Å². The maximum atomic E-state index is 13.2. The van der Waals surface area contributed by atoms with Gasteiger partial charge >= 0.3 is 6.18 Å². The summed E-state index contributed by atoms with van der Waals surface area (Å²) in [6.45, 7) is 4.67. The zero-order valence-corrected chi connectivity index (χ0v) is 12.3. The third-order valence-electron chi connectivity index (χ3n) is 3.92. The van der Waals surface area contributed by atoms with Crippen molar-refractivity contribution in [1.29, 1.82) is 0 Å². The van der Waals surface area contributed by atoms with E-state index in [1.54, 1.807) is 13.8 Å². The number of rotatable bonds is 4. The molecule has 2 heterocycles. The number of aliphatic hydroxyl groups is 1. The molecule has 1 atom stereocenters. The van der Waals surface area contributed by atoms with Crippen molar-refractivity contribution in [1.82, 2.24) is 9.88 Å². The lowest BCUT2D eigenvalue weighted by Crippen LogP contribution is -2.31. The first-order valence-electron chi connectivity index (χ1n) is 7.24. The van der Waals surface area contributed by atoms with Crippen LogP contribution in [0.2, 0.25) is 0 Å². The summed E-state index contributed by atoms with van der Waals surface area (Å²) in [5.74, 6) is -0.271. The largest absolute Gasteiger partial charge is 0.418 e. The second-order valence-electron chi connectivity index (χ2n) is 5.88. The quantitative estimate of drug-likeness (QED) is 0.928. The summed E-state index contributed by atoms with van der Waals surface area (Å²) in [6.07, 6.45) is -1.00. The van der Waals surface area contributed by atoms with Gasteiger partial charge in [0.25, 0.3) is 0 Å². The van der Waals surface area contributed by atoms with Crippen molar-refractivity contribution in [3.05, 3.63) is 29.1 Å². The number of hydrogen-bond donors (Lipinski definition) is 1. The molecule has 0 aliphatic carbocycles. The molecule has 21 heavy (non-hydrogen) atoms. The van der Waals surface area contributed by atoms with Gasteiger partial charge in [-0.1, -0.05) is 13.8 Å². The van der Waals surface area contributed by atoms with Gasteiger partial charge in [0.1, 0.15) is 0 Å². The Hall–Kier alpha value is -1.14. The number of aromatic nitrogens is 1. The van der Waals surface area contributed by atoms with E-state index in [0.29, 0.717) is 12.1 Å². The minimum Gasteiger partial charge on any atom is -0.395 e. The molecule has 1 fully saturated rings. The second kappa shape index (κ2) is 6.32. The van der Waals surface area contributed by atoms with E-state index in [1.807, 2.05) is 4.90 Å². The first kappa shape index (κ1) is 16.2. The maximum Gasteiger partial charge on any atom is 0.418 e. The summed E-state index contributed by atoms with van der Waals surface area (Å²) in [4.78, 5) is 6.05. The smallest absolute Gasteiger partial charge is 0.395 e. The third kappa shape index (κ3) is 3.74. The highest BCUT2D eigenvalue weighted by Crippen LogP contribution is 2.35. The number of alkyl halides is 3. The van der Waals surface area contributed by atoms with Crippen molar-refractivity contribution in [3.8, 4) is 0 Å². The Labute approximate surface area is 122 Å². The van der Waals surface area contributed by atoms with Gasteiger partial charge in [-0.15, -0.1) is 0 Å². The molecule has 1 aromatic rings. The lowest BCUT2D eigenvalue weighted by Gasteiger charge is -2.23. The molecule has 0 radical (unpaired) electrons. The Kier molecular flexibility index (Phi) is 4.88. The predicted molar refractivity (Wildman–Crippen MR) is 73.8 cm³/mol. The zero-order chi connectivity index (χ0) is 15.6. The number of hydrogen-bond acceptors (Lipinski definition) is 3. The Morgan fingerprint density at radius 3 is 2.71 bits per heavy atom. The third-order valence-corrected chi connectivity index (χ3v) is 3.92. The van der Waals surface area contributed by atoms with Crippen molar-refractivity contribution in [2.24, 2.45) is 0 Å². The zero-order valence-electron chi connectivity index (χ0n) is 12.3. The highest BCUT2D eigenvalue weighted by atomic mass is 19.4. The molecule has 1 aliphatic heterocycles. The summed E-state index contributed by atoms with van der Waals surface area (Å²) in [6, 6.07) is 1.25. The Morgan fingerprint density at radius 2 is 2.14 bits per heavy atom. The van der Waals surface area contributed by atoms with Gasteiger partial charge < -0.3 is 5.11 Å². The Morgan fingerprint density at radius 1 is 1.43 bits per heavy atom. The molecule has 1 aromatic heterocycles. The highest BCUT2D eigenvalue weighted by Gasteiger charge is 2.35. The molecule has 1 N–H and O–H groups in total.